The van der Waals surface area contributed by atoms with Crippen molar-refractivity contribution < 1.29 is 27.6 Å². The van der Waals surface area contributed by atoms with Gasteiger partial charge in [-0.15, -0.1) is 58.0 Å². The van der Waals surface area contributed by atoms with Gasteiger partial charge >= 0.3 is 15.2 Å². The van der Waals surface area contributed by atoms with Crippen molar-refractivity contribution in [3.8, 4) is 0 Å². The van der Waals surface area contributed by atoms with Crippen molar-refractivity contribution in [3.63, 3.8) is 0 Å². The fourth-order valence-electron chi connectivity index (χ4n) is 0.966. The van der Waals surface area contributed by atoms with E-state index < -0.39 is 15.2 Å². The van der Waals surface area contributed by atoms with E-state index >= 15 is 0 Å². The molecule has 0 aromatic rings. The Morgan fingerprint density at radius 2 is 1.04 bits per heavy atom. The second kappa shape index (κ2) is 17.2. The van der Waals surface area contributed by atoms with E-state index in [4.69, 9.17) is 71.9 Å². The van der Waals surface area contributed by atoms with Crippen LogP contribution in [0.4, 0.5) is 0 Å². The Labute approximate surface area is 162 Å². The predicted molar refractivity (Wildman–Crippen MR) is 98.6 cm³/mol. The molecule has 0 aliphatic heterocycles. The maximum Gasteiger partial charge on any atom is 0.331 e. The van der Waals surface area contributed by atoms with Crippen LogP contribution in [0.25, 0.3) is 0 Å². The Hall–Kier alpha value is 1.75. The first-order valence-corrected chi connectivity index (χ1v) is 12.6. The van der Waals surface area contributed by atoms with Crippen LogP contribution < -0.4 is 0 Å². The first kappa shape index (κ1) is 27.0. The molecule has 0 saturated heterocycles. The Balaban J connectivity index is 0. The van der Waals surface area contributed by atoms with Gasteiger partial charge in [0, 0.05) is 29.4 Å². The van der Waals surface area contributed by atoms with Crippen LogP contribution in [0.5, 0.6) is 0 Å². The van der Waals surface area contributed by atoms with E-state index in [1.54, 1.807) is 0 Å². The van der Waals surface area contributed by atoms with Crippen LogP contribution in [0.3, 0.4) is 0 Å². The zero-order valence-corrected chi connectivity index (χ0v) is 17.9. The third-order valence-electron chi connectivity index (χ3n) is 1.83. The van der Waals surface area contributed by atoms with Crippen molar-refractivity contribution in [2.45, 2.75) is 0 Å². The van der Waals surface area contributed by atoms with Crippen LogP contribution in [0.1, 0.15) is 0 Å². The average Bonchev–Trinajstić information content (AvgIpc) is 2.50. The summed E-state index contributed by atoms with van der Waals surface area (Å²) in [6.07, 6.45) is 0.160. The molecule has 0 fully saturated rings. The fraction of sp³-hybridized carbons (Fsp3) is 1.00. The summed E-state index contributed by atoms with van der Waals surface area (Å²) < 4.78 is 36.9. The van der Waals surface area contributed by atoms with Gasteiger partial charge in [-0.3, -0.25) is 9.13 Å². The van der Waals surface area contributed by atoms with Crippen molar-refractivity contribution in [3.05, 3.63) is 0 Å². The van der Waals surface area contributed by atoms with Gasteiger partial charge in [0.2, 0.25) is 0 Å². The molecule has 0 bridgehead atoms. The van der Waals surface area contributed by atoms with E-state index in [1.165, 1.54) is 0 Å². The smallest absolute Gasteiger partial charge is 0.324 e. The molecule has 0 aliphatic rings. The molecule has 0 heterocycles. The molecule has 1 atom stereocenters. The average molecular weight is 476 g/mol. The zero-order chi connectivity index (χ0) is 18.2. The van der Waals surface area contributed by atoms with Gasteiger partial charge in [0.15, 0.2) is 0 Å². The first-order chi connectivity index (χ1) is 10.8. The summed E-state index contributed by atoms with van der Waals surface area (Å²) in [4.78, 5) is 8.84. The van der Waals surface area contributed by atoms with Gasteiger partial charge in [0.05, 0.1) is 32.1 Å². The molecule has 1 unspecified atom stereocenters. The molecule has 23 heavy (non-hydrogen) atoms. The molecular weight excluding hydrogens is 455 g/mol. The van der Waals surface area contributed by atoms with Crippen LogP contribution in [0.2, 0.25) is 0 Å². The normalized spacial score (nSPS) is 14.0. The molecular formula is C10H21Cl5O6P2. The highest BCUT2D eigenvalue weighted by Gasteiger charge is 2.23. The largest absolute Gasteiger partial charge is 0.331 e. The molecule has 0 aliphatic carbocycles. The Kier molecular flexibility index (Phi) is 20.1. The number of hydrogen-bond acceptors (Lipinski definition) is 5. The van der Waals surface area contributed by atoms with Crippen LogP contribution in [-0.4, -0.2) is 66.4 Å². The topological polar surface area (TPSA) is 82.1 Å². The number of rotatable bonds is 13. The van der Waals surface area contributed by atoms with Gasteiger partial charge < -0.3 is 18.5 Å². The summed E-state index contributed by atoms with van der Waals surface area (Å²) in [7, 11) is -6.48. The summed E-state index contributed by atoms with van der Waals surface area (Å²) in [6.45, 7) is 0.474. The highest BCUT2D eigenvalue weighted by atomic mass is 35.5. The number of alkyl halides is 5. The second-order valence-electron chi connectivity index (χ2n) is 3.64. The summed E-state index contributed by atoms with van der Waals surface area (Å²) in [5.74, 6) is 1.11. The molecule has 0 rings (SSSR count). The fourth-order valence-corrected chi connectivity index (χ4v) is 4.78. The Morgan fingerprint density at radius 3 is 1.39 bits per heavy atom. The molecule has 0 radical (unpaired) electrons. The first-order valence-electron chi connectivity index (χ1n) is 6.45. The number of halogens is 5. The molecule has 0 aromatic heterocycles. The molecule has 6 nitrogen and oxygen atoms in total. The lowest BCUT2D eigenvalue weighted by Crippen LogP contribution is -2.04. The minimum absolute atomic E-state index is 0.0224. The molecule has 0 aromatic carbocycles. The number of hydrogen-bond donors (Lipinski definition) is 1. The van der Waals surface area contributed by atoms with E-state index in [9.17, 15) is 9.13 Å². The van der Waals surface area contributed by atoms with Crippen LogP contribution in [0.15, 0.2) is 0 Å². The quantitative estimate of drug-likeness (QED) is 0.309. The monoisotopic (exact) mass is 474 g/mol. The van der Waals surface area contributed by atoms with E-state index in [0.717, 1.165) is 0 Å². The summed E-state index contributed by atoms with van der Waals surface area (Å²) in [5, 5.41) is 0. The lowest BCUT2D eigenvalue weighted by Gasteiger charge is -2.16. The van der Waals surface area contributed by atoms with Gasteiger partial charge in [-0.1, -0.05) is 0 Å². The Bertz CT molecular complexity index is 351. The van der Waals surface area contributed by atoms with Gasteiger partial charge in [0.1, 0.15) is 0 Å². The van der Waals surface area contributed by atoms with Crippen LogP contribution in [0, 0.1) is 0 Å². The third-order valence-corrected chi connectivity index (χ3v) is 6.49. The summed E-state index contributed by atoms with van der Waals surface area (Å²) in [5.41, 5.74) is 0. The minimum atomic E-state index is -3.43. The standard InChI is InChI=1S/C6H12Cl3O3P.C4H9Cl2O3P/c7-1-4-11-13(10,6-3-9)12-5-2-8;5-1-3-9-10(7,8)4-2-6/h1-6H2;1-4H2,(H,7,8). The molecule has 13 heteroatoms. The lowest BCUT2D eigenvalue weighted by atomic mass is 10.9. The van der Waals surface area contributed by atoms with Gasteiger partial charge in [-0.2, -0.15) is 0 Å². The highest BCUT2D eigenvalue weighted by Crippen LogP contribution is 2.47. The third kappa shape index (κ3) is 18.3. The molecule has 1 N–H and O–H groups in total. The maximum absolute atomic E-state index is 11.7. The molecule has 142 valence electrons. The summed E-state index contributed by atoms with van der Waals surface area (Å²) in [6, 6.07) is 0. The zero-order valence-electron chi connectivity index (χ0n) is 12.3. The van der Waals surface area contributed by atoms with Gasteiger partial charge in [-0.25, -0.2) is 0 Å². The molecule has 0 amide bonds. The van der Waals surface area contributed by atoms with Crippen molar-refractivity contribution >= 4 is 73.2 Å². The van der Waals surface area contributed by atoms with Crippen molar-refractivity contribution in [1.29, 1.82) is 0 Å². The highest BCUT2D eigenvalue weighted by molar-refractivity contribution is 7.54. The van der Waals surface area contributed by atoms with E-state index in [-0.39, 0.29) is 61.5 Å². The van der Waals surface area contributed by atoms with Crippen LogP contribution in [-0.2, 0) is 22.7 Å². The van der Waals surface area contributed by atoms with Crippen molar-refractivity contribution in [1.82, 2.24) is 0 Å². The van der Waals surface area contributed by atoms with Crippen LogP contribution >= 0.6 is 73.2 Å². The molecule has 0 saturated carbocycles. The van der Waals surface area contributed by atoms with Crippen molar-refractivity contribution in [2.75, 3.05) is 61.5 Å². The second-order valence-corrected chi connectivity index (χ2v) is 9.70. The molecule has 0 spiro atoms. The van der Waals surface area contributed by atoms with E-state index in [0.29, 0.717) is 0 Å². The predicted octanol–water partition coefficient (Wildman–Crippen LogP) is 4.60. The minimum Gasteiger partial charge on any atom is -0.324 e. The van der Waals surface area contributed by atoms with Gasteiger partial charge in [-0.05, 0) is 0 Å². The lowest BCUT2D eigenvalue weighted by molar-refractivity contribution is 0.223. The SMILES string of the molecule is O=P(CCCl)(OCCCl)OCCCl.O=P(O)(CCCl)OCCCl. The summed E-state index contributed by atoms with van der Waals surface area (Å²) >= 11 is 26.6. The maximum atomic E-state index is 11.7. The Morgan fingerprint density at radius 1 is 0.652 bits per heavy atom. The van der Waals surface area contributed by atoms with E-state index in [1.807, 2.05) is 0 Å². The van der Waals surface area contributed by atoms with Gasteiger partial charge in [0.25, 0.3) is 0 Å². The van der Waals surface area contributed by atoms with E-state index in [2.05, 4.69) is 4.52 Å². The van der Waals surface area contributed by atoms with Crippen molar-refractivity contribution in [2.24, 2.45) is 0 Å².